The zero-order valence-corrected chi connectivity index (χ0v) is 13.0. The molecular formula is C16H8ClF3N2O3. The van der Waals surface area contributed by atoms with Gasteiger partial charge < -0.3 is 5.11 Å². The van der Waals surface area contributed by atoms with E-state index in [0.29, 0.717) is 0 Å². The van der Waals surface area contributed by atoms with Gasteiger partial charge in [-0.2, -0.15) is 18.3 Å². The van der Waals surface area contributed by atoms with E-state index in [0.717, 1.165) is 28.9 Å². The van der Waals surface area contributed by atoms with Crippen LogP contribution >= 0.6 is 11.6 Å². The van der Waals surface area contributed by atoms with Gasteiger partial charge in [0.15, 0.2) is 0 Å². The lowest BCUT2D eigenvalue weighted by molar-refractivity contribution is -0.137. The van der Waals surface area contributed by atoms with E-state index in [1.807, 2.05) is 0 Å². The van der Waals surface area contributed by atoms with E-state index >= 15 is 0 Å². The molecule has 3 rings (SSSR count). The smallest absolute Gasteiger partial charge is 0.416 e. The first-order chi connectivity index (χ1) is 11.7. The van der Waals surface area contributed by atoms with Crippen LogP contribution in [0.4, 0.5) is 13.2 Å². The normalized spacial score (nSPS) is 11.7. The van der Waals surface area contributed by atoms with Gasteiger partial charge in [0.25, 0.3) is 0 Å². The molecule has 0 bridgehead atoms. The SMILES string of the molecule is O=C(O)c1nn(-c2ccc(C(F)(F)F)cc2)c2c(Cl)cccc2c1=O. The van der Waals surface area contributed by atoms with Gasteiger partial charge in [0.2, 0.25) is 11.1 Å². The van der Waals surface area contributed by atoms with Crippen molar-refractivity contribution < 1.29 is 23.1 Å². The van der Waals surface area contributed by atoms with Gasteiger partial charge in [0.1, 0.15) is 0 Å². The highest BCUT2D eigenvalue weighted by Crippen LogP contribution is 2.30. The van der Waals surface area contributed by atoms with Crippen molar-refractivity contribution in [2.24, 2.45) is 0 Å². The molecule has 1 N–H and O–H groups in total. The lowest BCUT2D eigenvalue weighted by Gasteiger charge is -2.13. The molecule has 0 spiro atoms. The molecule has 0 fully saturated rings. The standard InChI is InChI=1S/C16H8ClF3N2O3/c17-11-3-1-2-10-13(11)22(21-12(14(10)23)15(24)25)9-6-4-8(5-7-9)16(18,19)20/h1-7H,(H,24,25). The van der Waals surface area contributed by atoms with Crippen molar-refractivity contribution in [3.63, 3.8) is 0 Å². The van der Waals surface area contributed by atoms with E-state index in [9.17, 15) is 22.8 Å². The maximum atomic E-state index is 12.7. The molecule has 0 saturated carbocycles. The number of carbonyl (C=O) groups is 1. The van der Waals surface area contributed by atoms with E-state index in [2.05, 4.69) is 5.10 Å². The monoisotopic (exact) mass is 368 g/mol. The van der Waals surface area contributed by atoms with E-state index in [1.165, 1.54) is 18.2 Å². The molecule has 2 aromatic carbocycles. The number of hydrogen-bond acceptors (Lipinski definition) is 3. The van der Waals surface area contributed by atoms with Crippen LogP contribution in [-0.2, 0) is 6.18 Å². The second-order valence-electron chi connectivity index (χ2n) is 5.08. The molecule has 0 aliphatic rings. The van der Waals surface area contributed by atoms with E-state index < -0.39 is 28.8 Å². The summed E-state index contributed by atoms with van der Waals surface area (Å²) in [5.41, 5.74) is -2.21. The Kier molecular flexibility index (Phi) is 4.00. The first kappa shape index (κ1) is 17.0. The lowest BCUT2D eigenvalue weighted by Crippen LogP contribution is -2.22. The highest BCUT2D eigenvalue weighted by molar-refractivity contribution is 6.35. The minimum absolute atomic E-state index is 0.000187. The summed E-state index contributed by atoms with van der Waals surface area (Å²) in [6.07, 6.45) is -4.51. The summed E-state index contributed by atoms with van der Waals surface area (Å²) in [7, 11) is 0. The van der Waals surface area contributed by atoms with E-state index in [4.69, 9.17) is 16.7 Å². The van der Waals surface area contributed by atoms with Gasteiger partial charge in [-0.25, -0.2) is 9.48 Å². The van der Waals surface area contributed by atoms with Crippen molar-refractivity contribution in [2.75, 3.05) is 0 Å². The first-order valence-electron chi connectivity index (χ1n) is 6.82. The zero-order chi connectivity index (χ0) is 18.4. The molecule has 0 unspecified atom stereocenters. The number of alkyl halides is 3. The number of benzene rings is 2. The van der Waals surface area contributed by atoms with Crippen LogP contribution in [0.15, 0.2) is 47.3 Å². The Balaban J connectivity index is 2.34. The van der Waals surface area contributed by atoms with Crippen LogP contribution in [0.2, 0.25) is 5.02 Å². The first-order valence-corrected chi connectivity index (χ1v) is 7.20. The van der Waals surface area contributed by atoms with Crippen LogP contribution in [0.25, 0.3) is 16.6 Å². The van der Waals surface area contributed by atoms with Crippen LogP contribution in [-0.4, -0.2) is 20.9 Å². The average Bonchev–Trinajstić information content (AvgIpc) is 2.55. The third kappa shape index (κ3) is 2.96. The van der Waals surface area contributed by atoms with Crippen LogP contribution in [0.5, 0.6) is 0 Å². The van der Waals surface area contributed by atoms with Crippen molar-refractivity contribution in [1.29, 1.82) is 0 Å². The molecule has 0 atom stereocenters. The summed E-state index contributed by atoms with van der Waals surface area (Å²) in [6, 6.07) is 8.21. The van der Waals surface area contributed by atoms with Gasteiger partial charge in [-0.1, -0.05) is 17.7 Å². The number of halogens is 4. The Bertz CT molecular complexity index is 1040. The molecule has 1 aromatic heterocycles. The number of rotatable bonds is 2. The second-order valence-corrected chi connectivity index (χ2v) is 5.48. The maximum absolute atomic E-state index is 12.7. The number of carboxylic acids is 1. The maximum Gasteiger partial charge on any atom is 0.416 e. The van der Waals surface area contributed by atoms with Crippen molar-refractivity contribution in [2.45, 2.75) is 6.18 Å². The summed E-state index contributed by atoms with van der Waals surface area (Å²) >= 11 is 6.09. The number of hydrogen-bond donors (Lipinski definition) is 1. The molecule has 0 aliphatic carbocycles. The van der Waals surface area contributed by atoms with E-state index in [1.54, 1.807) is 0 Å². The molecule has 5 nitrogen and oxygen atoms in total. The topological polar surface area (TPSA) is 72.2 Å². The highest BCUT2D eigenvalue weighted by atomic mass is 35.5. The summed E-state index contributed by atoms with van der Waals surface area (Å²) in [5, 5.41) is 13.0. The van der Waals surface area contributed by atoms with Crippen molar-refractivity contribution in [3.8, 4) is 5.69 Å². The largest absolute Gasteiger partial charge is 0.476 e. The quantitative estimate of drug-likeness (QED) is 0.747. The summed E-state index contributed by atoms with van der Waals surface area (Å²) in [4.78, 5) is 23.5. The molecule has 9 heteroatoms. The number of aromatic carboxylic acids is 1. The molecule has 1 heterocycles. The second kappa shape index (κ2) is 5.89. The van der Waals surface area contributed by atoms with Crippen molar-refractivity contribution in [3.05, 3.63) is 69.0 Å². The minimum Gasteiger partial charge on any atom is -0.476 e. The molecule has 3 aromatic rings. The predicted molar refractivity (Wildman–Crippen MR) is 84.3 cm³/mol. The van der Waals surface area contributed by atoms with Gasteiger partial charge in [0, 0.05) is 0 Å². The number of nitrogens with zero attached hydrogens (tertiary/aromatic N) is 2. The Morgan fingerprint density at radius 1 is 1.12 bits per heavy atom. The fourth-order valence-corrected chi connectivity index (χ4v) is 2.61. The van der Waals surface area contributed by atoms with Crippen LogP contribution < -0.4 is 5.43 Å². The summed E-state index contributed by atoms with van der Waals surface area (Å²) in [6.45, 7) is 0. The highest BCUT2D eigenvalue weighted by Gasteiger charge is 2.30. The Hall–Kier alpha value is -2.87. The van der Waals surface area contributed by atoms with E-state index in [-0.39, 0.29) is 21.6 Å². The fourth-order valence-electron chi connectivity index (χ4n) is 2.36. The number of para-hydroxylation sites is 1. The van der Waals surface area contributed by atoms with Gasteiger partial charge in [0.05, 0.1) is 27.2 Å². The van der Waals surface area contributed by atoms with Crippen LogP contribution in [0.1, 0.15) is 16.1 Å². The summed E-state index contributed by atoms with van der Waals surface area (Å²) in [5.74, 6) is -1.55. The molecule has 25 heavy (non-hydrogen) atoms. The summed E-state index contributed by atoms with van der Waals surface area (Å²) < 4.78 is 39.1. The van der Waals surface area contributed by atoms with Gasteiger partial charge in [-0.15, -0.1) is 0 Å². The van der Waals surface area contributed by atoms with Crippen molar-refractivity contribution in [1.82, 2.24) is 9.78 Å². The van der Waals surface area contributed by atoms with Crippen LogP contribution in [0.3, 0.4) is 0 Å². The average molecular weight is 369 g/mol. The Morgan fingerprint density at radius 3 is 2.32 bits per heavy atom. The van der Waals surface area contributed by atoms with Crippen molar-refractivity contribution >= 4 is 28.5 Å². The van der Waals surface area contributed by atoms with Gasteiger partial charge >= 0.3 is 12.1 Å². The number of aromatic nitrogens is 2. The molecule has 0 aliphatic heterocycles. The van der Waals surface area contributed by atoms with Crippen LogP contribution in [0, 0.1) is 0 Å². The van der Waals surface area contributed by atoms with Gasteiger partial charge in [-0.3, -0.25) is 4.79 Å². The number of carboxylic acid groups (broad SMARTS) is 1. The molecule has 128 valence electrons. The Labute approximate surface area is 142 Å². The zero-order valence-electron chi connectivity index (χ0n) is 12.2. The minimum atomic E-state index is -4.51. The Morgan fingerprint density at radius 2 is 1.76 bits per heavy atom. The third-order valence-corrected chi connectivity index (χ3v) is 3.81. The lowest BCUT2D eigenvalue weighted by atomic mass is 10.1. The fraction of sp³-hybridized carbons (Fsp3) is 0.0625. The molecule has 0 amide bonds. The number of fused-ring (bicyclic) bond motifs is 1. The predicted octanol–water partition coefficient (Wildman–Crippen LogP) is 3.76. The molecule has 0 radical (unpaired) electrons. The molecule has 0 saturated heterocycles. The molecular weight excluding hydrogens is 361 g/mol. The van der Waals surface area contributed by atoms with Gasteiger partial charge in [-0.05, 0) is 36.4 Å². The third-order valence-electron chi connectivity index (χ3n) is 3.50.